The van der Waals surface area contributed by atoms with Crippen LogP contribution in [0.3, 0.4) is 0 Å². The zero-order valence-corrected chi connectivity index (χ0v) is 13.4. The molecule has 0 aliphatic rings. The second-order valence-corrected chi connectivity index (χ2v) is 5.07. The third kappa shape index (κ3) is 8.58. The molecule has 0 saturated heterocycles. The molecule has 23 heavy (non-hydrogen) atoms. The summed E-state index contributed by atoms with van der Waals surface area (Å²) in [5.74, 6) is -0.298. The summed E-state index contributed by atoms with van der Waals surface area (Å²) in [6.07, 6.45) is 6.31. The Morgan fingerprint density at radius 2 is 1.74 bits per heavy atom. The smallest absolute Gasteiger partial charge is 0.246 e. The summed E-state index contributed by atoms with van der Waals surface area (Å²) in [4.78, 5) is 23.1. The minimum Gasteiger partial charge on any atom is -0.392 e. The summed E-state index contributed by atoms with van der Waals surface area (Å²) >= 11 is 0. The molecular formula is C18H24N2O3. The Labute approximate surface area is 137 Å². The van der Waals surface area contributed by atoms with Crippen LogP contribution in [0.15, 0.2) is 48.1 Å². The molecule has 0 saturated carbocycles. The van der Waals surface area contributed by atoms with Gasteiger partial charge >= 0.3 is 0 Å². The molecule has 0 fully saturated rings. The number of hydrogen-bond acceptors (Lipinski definition) is 3. The molecule has 0 atom stereocenters. The van der Waals surface area contributed by atoms with E-state index < -0.39 is 0 Å². The predicted octanol–water partition coefficient (Wildman–Crippen LogP) is 1.65. The maximum Gasteiger partial charge on any atom is 0.246 e. The van der Waals surface area contributed by atoms with Crippen LogP contribution in [0.1, 0.15) is 25.3 Å². The number of carbonyl (C=O) groups excluding carboxylic acids is 2. The van der Waals surface area contributed by atoms with Gasteiger partial charge in [0.1, 0.15) is 0 Å². The summed E-state index contributed by atoms with van der Waals surface area (Å²) < 4.78 is 0. The number of unbranched alkanes of at least 4 members (excludes halogenated alkanes) is 1. The van der Waals surface area contributed by atoms with Gasteiger partial charge in [-0.25, -0.2) is 0 Å². The Morgan fingerprint density at radius 1 is 1.09 bits per heavy atom. The van der Waals surface area contributed by atoms with Gasteiger partial charge in [-0.15, -0.1) is 0 Å². The lowest BCUT2D eigenvalue weighted by atomic mass is 10.2. The minimum absolute atomic E-state index is 0.125. The van der Waals surface area contributed by atoms with Crippen molar-refractivity contribution in [2.45, 2.75) is 19.8 Å². The first-order valence-corrected chi connectivity index (χ1v) is 7.70. The van der Waals surface area contributed by atoms with Gasteiger partial charge in [-0.05, 0) is 31.4 Å². The molecule has 0 bridgehead atoms. The number of nitrogens with one attached hydrogen (secondary N) is 2. The second kappa shape index (κ2) is 11.2. The van der Waals surface area contributed by atoms with Gasteiger partial charge in [0.25, 0.3) is 0 Å². The molecule has 3 N–H and O–H groups in total. The highest BCUT2D eigenvalue weighted by molar-refractivity contribution is 5.92. The molecule has 5 heteroatoms. The second-order valence-electron chi connectivity index (χ2n) is 5.07. The van der Waals surface area contributed by atoms with Crippen molar-refractivity contribution in [2.24, 2.45) is 0 Å². The van der Waals surface area contributed by atoms with Crippen molar-refractivity contribution in [3.63, 3.8) is 0 Å². The fourth-order valence-electron chi connectivity index (χ4n) is 1.83. The van der Waals surface area contributed by atoms with E-state index in [0.29, 0.717) is 18.7 Å². The van der Waals surface area contributed by atoms with Gasteiger partial charge in [-0.2, -0.15) is 0 Å². The number of carbonyl (C=O) groups is 2. The molecule has 0 spiro atoms. The maximum absolute atomic E-state index is 11.6. The zero-order valence-electron chi connectivity index (χ0n) is 13.4. The number of hydrogen-bond donors (Lipinski definition) is 3. The van der Waals surface area contributed by atoms with Crippen LogP contribution in [-0.4, -0.2) is 36.6 Å². The highest BCUT2D eigenvalue weighted by Gasteiger charge is 2.02. The van der Waals surface area contributed by atoms with Crippen molar-refractivity contribution < 1.29 is 14.7 Å². The van der Waals surface area contributed by atoms with Crippen LogP contribution in [0.4, 0.5) is 0 Å². The minimum atomic E-state index is -0.172. The lowest BCUT2D eigenvalue weighted by Crippen LogP contribution is -2.27. The van der Waals surface area contributed by atoms with E-state index in [1.807, 2.05) is 30.3 Å². The number of benzene rings is 1. The highest BCUT2D eigenvalue weighted by Crippen LogP contribution is 2.00. The van der Waals surface area contributed by atoms with E-state index in [0.717, 1.165) is 18.4 Å². The van der Waals surface area contributed by atoms with E-state index in [9.17, 15) is 9.59 Å². The Kier molecular flexibility index (Phi) is 9.09. The van der Waals surface area contributed by atoms with Gasteiger partial charge in [0.05, 0.1) is 6.61 Å². The van der Waals surface area contributed by atoms with Gasteiger partial charge in [-0.3, -0.25) is 9.59 Å². The zero-order chi connectivity index (χ0) is 16.9. The number of aliphatic hydroxyl groups is 1. The van der Waals surface area contributed by atoms with E-state index in [4.69, 9.17) is 5.11 Å². The lowest BCUT2D eigenvalue weighted by molar-refractivity contribution is -0.118. The maximum atomic E-state index is 11.6. The lowest BCUT2D eigenvalue weighted by Gasteiger charge is -2.05. The molecule has 0 aromatic heterocycles. The molecule has 2 amide bonds. The molecule has 0 aliphatic carbocycles. The summed E-state index contributed by atoms with van der Waals surface area (Å²) in [6, 6.07) is 9.63. The van der Waals surface area contributed by atoms with Crippen molar-refractivity contribution in [1.29, 1.82) is 0 Å². The average molecular weight is 316 g/mol. The largest absolute Gasteiger partial charge is 0.392 e. The molecule has 0 radical (unpaired) electrons. The summed E-state index contributed by atoms with van der Waals surface area (Å²) in [5.41, 5.74) is 1.49. The molecule has 1 rings (SSSR count). The van der Waals surface area contributed by atoms with Gasteiger partial charge in [0.2, 0.25) is 11.8 Å². The Balaban J connectivity index is 2.11. The third-order valence-electron chi connectivity index (χ3n) is 3.17. The average Bonchev–Trinajstić information content (AvgIpc) is 2.57. The van der Waals surface area contributed by atoms with E-state index in [1.54, 1.807) is 13.0 Å². The van der Waals surface area contributed by atoms with Gasteiger partial charge in [0.15, 0.2) is 0 Å². The first-order chi connectivity index (χ1) is 11.1. The van der Waals surface area contributed by atoms with Crippen LogP contribution < -0.4 is 10.6 Å². The van der Waals surface area contributed by atoms with Crippen LogP contribution in [0.25, 0.3) is 6.08 Å². The van der Waals surface area contributed by atoms with Crippen molar-refractivity contribution in [3.8, 4) is 0 Å². The van der Waals surface area contributed by atoms with E-state index in [2.05, 4.69) is 10.6 Å². The van der Waals surface area contributed by atoms with Crippen molar-refractivity contribution in [3.05, 3.63) is 53.6 Å². The van der Waals surface area contributed by atoms with Gasteiger partial charge < -0.3 is 15.7 Å². The molecule has 0 aliphatic heterocycles. The standard InChI is InChI=1S/C18H24N2O3/c1-15(11-14-21)18(23)20-13-6-5-12-19-17(22)10-9-16-7-3-2-4-8-16/h2-4,7-11,21H,5-6,12-14H2,1H3,(H,19,22)(H,20,23)/b10-9?,15-11+. The summed E-state index contributed by atoms with van der Waals surface area (Å²) in [7, 11) is 0. The molecule has 0 unspecified atom stereocenters. The topological polar surface area (TPSA) is 78.4 Å². The molecule has 124 valence electrons. The summed E-state index contributed by atoms with van der Waals surface area (Å²) in [5, 5.41) is 14.3. The first-order valence-electron chi connectivity index (χ1n) is 7.70. The van der Waals surface area contributed by atoms with E-state index in [1.165, 1.54) is 12.2 Å². The Hall–Kier alpha value is -2.40. The number of rotatable bonds is 9. The van der Waals surface area contributed by atoms with Crippen LogP contribution in [0.2, 0.25) is 0 Å². The first kappa shape index (κ1) is 18.6. The SMILES string of the molecule is C/C(=C\CO)C(=O)NCCCCNC(=O)C=Cc1ccccc1. The molecule has 1 aromatic rings. The van der Waals surface area contributed by atoms with Crippen molar-refractivity contribution >= 4 is 17.9 Å². The monoisotopic (exact) mass is 316 g/mol. The normalized spacial score (nSPS) is 11.5. The van der Waals surface area contributed by atoms with Crippen molar-refractivity contribution in [1.82, 2.24) is 10.6 Å². The quantitative estimate of drug-likeness (QED) is 0.479. The van der Waals surface area contributed by atoms with Crippen LogP contribution in [-0.2, 0) is 9.59 Å². The van der Waals surface area contributed by atoms with Crippen LogP contribution in [0.5, 0.6) is 0 Å². The fraction of sp³-hybridized carbons (Fsp3) is 0.333. The Bertz CT molecular complexity index is 551. The van der Waals surface area contributed by atoms with Crippen LogP contribution in [0, 0.1) is 0 Å². The van der Waals surface area contributed by atoms with E-state index in [-0.39, 0.29) is 18.4 Å². The van der Waals surface area contributed by atoms with Gasteiger partial charge in [0, 0.05) is 24.7 Å². The van der Waals surface area contributed by atoms with E-state index >= 15 is 0 Å². The molecular weight excluding hydrogens is 292 g/mol. The van der Waals surface area contributed by atoms with Gasteiger partial charge in [-0.1, -0.05) is 36.4 Å². The fourth-order valence-corrected chi connectivity index (χ4v) is 1.83. The summed E-state index contributed by atoms with van der Waals surface area (Å²) in [6.45, 7) is 2.64. The van der Waals surface area contributed by atoms with Crippen LogP contribution >= 0.6 is 0 Å². The number of amides is 2. The molecule has 0 heterocycles. The molecule has 5 nitrogen and oxygen atoms in total. The van der Waals surface area contributed by atoms with Crippen molar-refractivity contribution in [2.75, 3.05) is 19.7 Å². The highest BCUT2D eigenvalue weighted by atomic mass is 16.2. The number of aliphatic hydroxyl groups excluding tert-OH is 1. The Morgan fingerprint density at radius 3 is 2.39 bits per heavy atom. The molecule has 1 aromatic carbocycles. The third-order valence-corrected chi connectivity index (χ3v) is 3.17. The predicted molar refractivity (Wildman–Crippen MR) is 91.6 cm³/mol.